The van der Waals surface area contributed by atoms with Crippen molar-refractivity contribution in [2.45, 2.75) is 20.8 Å². The molecule has 0 aliphatic carbocycles. The Hall–Kier alpha value is -3.56. The fraction of sp³-hybridized carbons (Fsp3) is 0.192. The van der Waals surface area contributed by atoms with Crippen molar-refractivity contribution in [1.29, 1.82) is 0 Å². The molecule has 1 saturated heterocycles. The molecule has 2 aromatic carbocycles. The van der Waals surface area contributed by atoms with E-state index in [4.69, 9.17) is 21.7 Å². The van der Waals surface area contributed by atoms with Crippen LogP contribution in [0.1, 0.15) is 22.5 Å². The van der Waals surface area contributed by atoms with Crippen molar-refractivity contribution < 1.29 is 19.1 Å². The molecular formula is C26H25N3O4S2. The lowest BCUT2D eigenvalue weighted by Gasteiger charge is -2.20. The molecule has 4 rings (SSSR count). The monoisotopic (exact) mass is 507 g/mol. The van der Waals surface area contributed by atoms with Crippen molar-refractivity contribution in [2.24, 2.45) is 0 Å². The molecule has 180 valence electrons. The van der Waals surface area contributed by atoms with Crippen LogP contribution in [0.25, 0.3) is 6.08 Å². The number of nitrogens with zero attached hydrogens (tertiary/aromatic N) is 2. The normalized spacial score (nSPS) is 14.5. The molecule has 1 N–H and O–H groups in total. The number of benzene rings is 2. The number of anilines is 1. The topological polar surface area (TPSA) is 72.8 Å². The summed E-state index contributed by atoms with van der Waals surface area (Å²) in [6, 6.07) is 16.7. The molecule has 1 aliphatic rings. The SMILES string of the molecule is COc1cc(/C=C2/SC(=S)N(n3c(C)ccc3C)C2=O)ccc1OCC(=O)Nc1cccc(C)c1. The lowest BCUT2D eigenvalue weighted by molar-refractivity contribution is -0.118. The number of thiocarbonyl (C=S) groups is 1. The number of ether oxygens (including phenoxy) is 2. The fourth-order valence-electron chi connectivity index (χ4n) is 3.72. The Kier molecular flexibility index (Phi) is 7.28. The second-order valence-electron chi connectivity index (χ2n) is 8.04. The van der Waals surface area contributed by atoms with Crippen LogP contribution in [0.4, 0.5) is 5.69 Å². The molecule has 2 heterocycles. The van der Waals surface area contributed by atoms with E-state index < -0.39 is 0 Å². The standard InChI is InChI=1S/C26H25N3O4S2/c1-16-6-5-7-20(12-16)27-24(30)15-33-21-11-10-19(13-22(21)32-4)14-23-25(31)29(26(34)35-23)28-17(2)8-9-18(28)3/h5-14H,15H2,1-4H3,(H,27,30)/b23-14+. The van der Waals surface area contributed by atoms with E-state index in [1.165, 1.54) is 23.9 Å². The fourth-order valence-corrected chi connectivity index (χ4v) is 4.96. The van der Waals surface area contributed by atoms with Crippen molar-refractivity contribution in [1.82, 2.24) is 4.68 Å². The van der Waals surface area contributed by atoms with Crippen molar-refractivity contribution >= 4 is 51.9 Å². The summed E-state index contributed by atoms with van der Waals surface area (Å²) in [5.41, 5.74) is 4.37. The largest absolute Gasteiger partial charge is 0.493 e. The summed E-state index contributed by atoms with van der Waals surface area (Å²) in [6.45, 7) is 5.65. The van der Waals surface area contributed by atoms with Crippen LogP contribution >= 0.6 is 24.0 Å². The summed E-state index contributed by atoms with van der Waals surface area (Å²) in [7, 11) is 1.52. The van der Waals surface area contributed by atoms with Crippen molar-refractivity contribution in [3.63, 3.8) is 0 Å². The number of aromatic nitrogens is 1. The third kappa shape index (κ3) is 5.41. The third-order valence-electron chi connectivity index (χ3n) is 5.35. The molecule has 7 nitrogen and oxygen atoms in total. The van der Waals surface area contributed by atoms with E-state index in [1.807, 2.05) is 61.8 Å². The number of carbonyl (C=O) groups excluding carboxylic acids is 2. The van der Waals surface area contributed by atoms with E-state index in [2.05, 4.69) is 5.32 Å². The lowest BCUT2D eigenvalue weighted by atomic mass is 10.2. The van der Waals surface area contributed by atoms with Gasteiger partial charge in [0, 0.05) is 17.1 Å². The van der Waals surface area contributed by atoms with Crippen LogP contribution in [0.3, 0.4) is 0 Å². The van der Waals surface area contributed by atoms with Crippen LogP contribution in [0.15, 0.2) is 59.5 Å². The molecule has 0 atom stereocenters. The van der Waals surface area contributed by atoms with E-state index in [0.717, 1.165) is 22.5 Å². The van der Waals surface area contributed by atoms with Gasteiger partial charge in [0.1, 0.15) is 0 Å². The Morgan fingerprint density at radius 1 is 1.06 bits per heavy atom. The van der Waals surface area contributed by atoms with Gasteiger partial charge in [0.2, 0.25) is 0 Å². The van der Waals surface area contributed by atoms with Gasteiger partial charge < -0.3 is 14.8 Å². The summed E-state index contributed by atoms with van der Waals surface area (Å²) < 4.78 is 13.4. The summed E-state index contributed by atoms with van der Waals surface area (Å²) in [4.78, 5) is 25.9. The smallest absolute Gasteiger partial charge is 0.285 e. The number of hydrogen-bond donors (Lipinski definition) is 1. The molecule has 0 unspecified atom stereocenters. The second kappa shape index (κ2) is 10.4. The Labute approximate surface area is 213 Å². The molecule has 3 aromatic rings. The molecule has 1 aliphatic heterocycles. The number of aryl methyl sites for hydroxylation is 3. The first-order valence-electron chi connectivity index (χ1n) is 10.9. The summed E-state index contributed by atoms with van der Waals surface area (Å²) in [5, 5.41) is 4.32. The minimum Gasteiger partial charge on any atom is -0.493 e. The zero-order chi connectivity index (χ0) is 25.1. The van der Waals surface area contributed by atoms with E-state index in [0.29, 0.717) is 26.4 Å². The van der Waals surface area contributed by atoms with Gasteiger partial charge in [-0.05, 0) is 86.6 Å². The Morgan fingerprint density at radius 3 is 2.49 bits per heavy atom. The Balaban J connectivity index is 1.47. The predicted molar refractivity (Wildman–Crippen MR) is 144 cm³/mol. The van der Waals surface area contributed by atoms with E-state index >= 15 is 0 Å². The number of nitrogens with one attached hydrogen (secondary N) is 1. The summed E-state index contributed by atoms with van der Waals surface area (Å²) in [5.74, 6) is 0.417. The molecule has 1 aromatic heterocycles. The van der Waals surface area contributed by atoms with Crippen molar-refractivity contribution in [3.05, 3.63) is 82.0 Å². The molecule has 1 fully saturated rings. The third-order valence-corrected chi connectivity index (χ3v) is 6.64. The molecule has 35 heavy (non-hydrogen) atoms. The van der Waals surface area contributed by atoms with Crippen molar-refractivity contribution in [2.75, 3.05) is 24.0 Å². The highest BCUT2D eigenvalue weighted by molar-refractivity contribution is 8.27. The number of rotatable bonds is 7. The van der Waals surface area contributed by atoms with E-state index in [9.17, 15) is 9.59 Å². The van der Waals surface area contributed by atoms with Gasteiger partial charge in [-0.2, -0.15) is 5.01 Å². The maximum Gasteiger partial charge on any atom is 0.285 e. The summed E-state index contributed by atoms with van der Waals surface area (Å²) >= 11 is 6.73. The van der Waals surface area contributed by atoms with Crippen LogP contribution in [0, 0.1) is 20.8 Å². The van der Waals surface area contributed by atoms with Crippen LogP contribution in [-0.4, -0.2) is 34.5 Å². The minimum absolute atomic E-state index is 0.169. The van der Waals surface area contributed by atoms with Gasteiger partial charge in [0.05, 0.1) is 12.0 Å². The van der Waals surface area contributed by atoms with Crippen LogP contribution in [0.5, 0.6) is 11.5 Å². The minimum atomic E-state index is -0.277. The molecule has 2 amide bonds. The number of amides is 2. The van der Waals surface area contributed by atoms with Gasteiger partial charge in [0.15, 0.2) is 22.4 Å². The zero-order valence-electron chi connectivity index (χ0n) is 19.8. The van der Waals surface area contributed by atoms with Gasteiger partial charge >= 0.3 is 0 Å². The van der Waals surface area contributed by atoms with Crippen LogP contribution in [0.2, 0.25) is 0 Å². The second-order valence-corrected chi connectivity index (χ2v) is 9.71. The molecular weight excluding hydrogens is 482 g/mol. The van der Waals surface area contributed by atoms with Gasteiger partial charge in [-0.15, -0.1) is 0 Å². The average Bonchev–Trinajstić information content (AvgIpc) is 3.29. The molecule has 0 spiro atoms. The van der Waals surface area contributed by atoms with E-state index in [1.54, 1.807) is 24.3 Å². The Bertz CT molecular complexity index is 1330. The van der Waals surface area contributed by atoms with E-state index in [-0.39, 0.29) is 18.4 Å². The number of hydrogen-bond acceptors (Lipinski definition) is 6. The quantitative estimate of drug-likeness (QED) is 0.359. The molecule has 0 saturated carbocycles. The molecule has 0 bridgehead atoms. The van der Waals surface area contributed by atoms with Gasteiger partial charge in [0.25, 0.3) is 11.8 Å². The highest BCUT2D eigenvalue weighted by atomic mass is 32.2. The van der Waals surface area contributed by atoms with Gasteiger partial charge in [-0.3, -0.25) is 14.3 Å². The lowest BCUT2D eigenvalue weighted by Crippen LogP contribution is -2.39. The van der Waals surface area contributed by atoms with Crippen LogP contribution < -0.4 is 19.8 Å². The number of carbonyl (C=O) groups is 2. The first-order valence-corrected chi connectivity index (χ1v) is 12.1. The highest BCUT2D eigenvalue weighted by Crippen LogP contribution is 2.35. The number of methoxy groups -OCH3 is 1. The van der Waals surface area contributed by atoms with Gasteiger partial charge in [-0.25, -0.2) is 0 Å². The predicted octanol–water partition coefficient (Wildman–Crippen LogP) is 4.98. The Morgan fingerprint density at radius 2 is 1.80 bits per heavy atom. The number of thioether (sulfide) groups is 1. The zero-order valence-corrected chi connectivity index (χ0v) is 21.5. The summed E-state index contributed by atoms with van der Waals surface area (Å²) in [6.07, 6.45) is 1.77. The molecule has 0 radical (unpaired) electrons. The molecule has 9 heteroatoms. The van der Waals surface area contributed by atoms with Gasteiger partial charge in [-0.1, -0.05) is 30.0 Å². The maximum atomic E-state index is 13.1. The van der Waals surface area contributed by atoms with Crippen molar-refractivity contribution in [3.8, 4) is 11.5 Å². The average molecular weight is 508 g/mol. The first-order chi connectivity index (χ1) is 16.8. The highest BCUT2D eigenvalue weighted by Gasteiger charge is 2.34. The first kappa shape index (κ1) is 24.6. The maximum absolute atomic E-state index is 13.1. The van der Waals surface area contributed by atoms with Crippen LogP contribution in [-0.2, 0) is 9.59 Å².